The Morgan fingerprint density at radius 3 is 2.87 bits per heavy atom. The second-order valence-electron chi connectivity index (χ2n) is 3.88. The number of nitriles is 1. The Bertz CT molecular complexity index is 269. The summed E-state index contributed by atoms with van der Waals surface area (Å²) in [5.74, 6) is 0.713. The maximum absolute atomic E-state index is 11.5. The third kappa shape index (κ3) is 3.40. The molecule has 0 aromatic carbocycles. The maximum atomic E-state index is 11.5. The molecule has 1 rings (SSSR count). The van der Waals surface area contributed by atoms with Crippen LogP contribution in [0.15, 0.2) is 0 Å². The normalized spacial score (nSPS) is 18.1. The van der Waals surface area contributed by atoms with Crippen LogP contribution in [-0.2, 0) is 4.79 Å². The van der Waals surface area contributed by atoms with E-state index in [1.165, 1.54) is 11.8 Å². The van der Waals surface area contributed by atoms with Crippen molar-refractivity contribution in [2.45, 2.75) is 25.4 Å². The van der Waals surface area contributed by atoms with Gasteiger partial charge in [-0.15, -0.1) is 11.8 Å². The third-order valence-electron chi connectivity index (χ3n) is 2.43. The first-order valence-electron chi connectivity index (χ1n) is 5.06. The highest BCUT2D eigenvalue weighted by Gasteiger charge is 2.42. The average Bonchev–Trinajstić information content (AvgIpc) is 2.14. The standard InChI is InChI=1S/C10H16N2O2S/c1-2-3-10(14)7-12(8-10)9(13)6-15-5-4-11/h14H,2-3,5-8H2,1H3. The van der Waals surface area contributed by atoms with Gasteiger partial charge in [0.15, 0.2) is 0 Å². The lowest BCUT2D eigenvalue weighted by atomic mass is 9.89. The van der Waals surface area contributed by atoms with E-state index in [9.17, 15) is 9.90 Å². The monoisotopic (exact) mass is 228 g/mol. The van der Waals surface area contributed by atoms with Gasteiger partial charge in [0.05, 0.1) is 36.3 Å². The van der Waals surface area contributed by atoms with Crippen LogP contribution in [0.2, 0.25) is 0 Å². The van der Waals surface area contributed by atoms with Crippen LogP contribution in [0.3, 0.4) is 0 Å². The molecule has 0 aromatic rings. The molecule has 84 valence electrons. The van der Waals surface area contributed by atoms with Crippen molar-refractivity contribution < 1.29 is 9.90 Å². The molecule has 0 unspecified atom stereocenters. The molecule has 0 radical (unpaired) electrons. The van der Waals surface area contributed by atoms with Crippen LogP contribution in [0.1, 0.15) is 19.8 Å². The first-order chi connectivity index (χ1) is 7.11. The average molecular weight is 228 g/mol. The van der Waals surface area contributed by atoms with Crippen LogP contribution >= 0.6 is 11.8 Å². The number of amides is 1. The highest BCUT2D eigenvalue weighted by molar-refractivity contribution is 8.00. The molecule has 0 aromatic heterocycles. The van der Waals surface area contributed by atoms with Crippen molar-refractivity contribution in [3.8, 4) is 6.07 Å². The lowest BCUT2D eigenvalue weighted by Crippen LogP contribution is -2.63. The number of hydrogen-bond acceptors (Lipinski definition) is 4. The van der Waals surface area contributed by atoms with Crippen molar-refractivity contribution in [2.75, 3.05) is 24.6 Å². The van der Waals surface area contributed by atoms with Gasteiger partial charge in [-0.05, 0) is 6.42 Å². The van der Waals surface area contributed by atoms with Crippen molar-refractivity contribution >= 4 is 17.7 Å². The van der Waals surface area contributed by atoms with Gasteiger partial charge >= 0.3 is 0 Å². The van der Waals surface area contributed by atoms with Crippen molar-refractivity contribution in [3.63, 3.8) is 0 Å². The van der Waals surface area contributed by atoms with Gasteiger partial charge in [0, 0.05) is 0 Å². The number of β-amino-alcohol motifs (C(OH)–C–C–N with tert-alkyl or cyclic N) is 1. The van der Waals surface area contributed by atoms with E-state index >= 15 is 0 Å². The number of likely N-dealkylation sites (tertiary alicyclic amines) is 1. The lowest BCUT2D eigenvalue weighted by molar-refractivity contribution is -0.153. The van der Waals surface area contributed by atoms with Crippen molar-refractivity contribution in [3.05, 3.63) is 0 Å². The number of nitrogens with zero attached hydrogens (tertiary/aromatic N) is 2. The zero-order valence-corrected chi connectivity index (χ0v) is 9.72. The van der Waals surface area contributed by atoms with Gasteiger partial charge in [-0.2, -0.15) is 5.26 Å². The van der Waals surface area contributed by atoms with Gasteiger partial charge < -0.3 is 10.0 Å². The summed E-state index contributed by atoms with van der Waals surface area (Å²) in [6, 6.07) is 1.98. The molecule has 0 atom stereocenters. The Kier molecular flexibility index (Phi) is 4.43. The molecule has 1 aliphatic heterocycles. The van der Waals surface area contributed by atoms with Crippen LogP contribution in [0.4, 0.5) is 0 Å². The fourth-order valence-electron chi connectivity index (χ4n) is 1.74. The molecule has 15 heavy (non-hydrogen) atoms. The Morgan fingerprint density at radius 2 is 2.33 bits per heavy atom. The van der Waals surface area contributed by atoms with E-state index in [-0.39, 0.29) is 5.91 Å². The SMILES string of the molecule is CCCC1(O)CN(C(=O)CSCC#N)C1. The molecule has 1 fully saturated rings. The van der Waals surface area contributed by atoms with Gasteiger partial charge in [-0.1, -0.05) is 13.3 Å². The van der Waals surface area contributed by atoms with E-state index in [1.54, 1.807) is 4.90 Å². The molecule has 1 heterocycles. The van der Waals surface area contributed by atoms with E-state index < -0.39 is 5.60 Å². The number of carbonyl (C=O) groups is 1. The third-order valence-corrected chi connectivity index (χ3v) is 3.21. The maximum Gasteiger partial charge on any atom is 0.232 e. The first-order valence-corrected chi connectivity index (χ1v) is 6.21. The number of thioether (sulfide) groups is 1. The van der Waals surface area contributed by atoms with E-state index in [0.717, 1.165) is 12.8 Å². The second-order valence-corrected chi connectivity index (χ2v) is 4.86. The molecule has 0 aliphatic carbocycles. The summed E-state index contributed by atoms with van der Waals surface area (Å²) >= 11 is 1.32. The molecule has 0 spiro atoms. The number of hydrogen-bond donors (Lipinski definition) is 1. The topological polar surface area (TPSA) is 64.3 Å². The number of rotatable bonds is 5. The molecular weight excluding hydrogens is 212 g/mol. The minimum absolute atomic E-state index is 0.0241. The first kappa shape index (κ1) is 12.3. The minimum Gasteiger partial charge on any atom is -0.386 e. The summed E-state index contributed by atoms with van der Waals surface area (Å²) in [7, 11) is 0. The summed E-state index contributed by atoms with van der Waals surface area (Å²) in [5, 5.41) is 18.2. The zero-order valence-electron chi connectivity index (χ0n) is 8.90. The van der Waals surface area contributed by atoms with Crippen molar-refractivity contribution in [1.29, 1.82) is 5.26 Å². The van der Waals surface area contributed by atoms with E-state index in [1.807, 2.05) is 13.0 Å². The molecular formula is C10H16N2O2S. The predicted molar refractivity (Wildman–Crippen MR) is 59.4 cm³/mol. The van der Waals surface area contributed by atoms with Gasteiger partial charge in [0.25, 0.3) is 0 Å². The second kappa shape index (κ2) is 5.38. The highest BCUT2D eigenvalue weighted by Crippen LogP contribution is 2.26. The Balaban J connectivity index is 2.20. The molecule has 1 saturated heterocycles. The molecule has 0 saturated carbocycles. The molecule has 1 aliphatic rings. The summed E-state index contributed by atoms with van der Waals surface area (Å²) < 4.78 is 0. The lowest BCUT2D eigenvalue weighted by Gasteiger charge is -2.46. The van der Waals surface area contributed by atoms with E-state index in [2.05, 4.69) is 0 Å². The van der Waals surface area contributed by atoms with Crippen LogP contribution in [0.5, 0.6) is 0 Å². The predicted octanol–water partition coefficient (Wildman–Crippen LogP) is 0.617. The molecule has 1 N–H and O–H groups in total. The summed E-state index contributed by atoms with van der Waals surface area (Å²) in [4.78, 5) is 13.1. The Morgan fingerprint density at radius 1 is 1.67 bits per heavy atom. The van der Waals surface area contributed by atoms with Crippen LogP contribution in [0.25, 0.3) is 0 Å². The smallest absolute Gasteiger partial charge is 0.232 e. The number of aliphatic hydroxyl groups is 1. The minimum atomic E-state index is -0.649. The van der Waals surface area contributed by atoms with Crippen molar-refractivity contribution in [1.82, 2.24) is 4.90 Å². The van der Waals surface area contributed by atoms with Crippen LogP contribution < -0.4 is 0 Å². The summed E-state index contributed by atoms with van der Waals surface area (Å²) in [6.07, 6.45) is 1.68. The quantitative estimate of drug-likeness (QED) is 0.700. The van der Waals surface area contributed by atoms with Crippen molar-refractivity contribution in [2.24, 2.45) is 0 Å². The summed E-state index contributed by atoms with van der Waals surface area (Å²) in [5.41, 5.74) is -0.649. The fourth-order valence-corrected chi connectivity index (χ4v) is 2.29. The van der Waals surface area contributed by atoms with Crippen LogP contribution in [-0.4, -0.2) is 46.1 Å². The summed E-state index contributed by atoms with van der Waals surface area (Å²) in [6.45, 7) is 2.92. The Hall–Kier alpha value is -0.730. The molecule has 1 amide bonds. The largest absolute Gasteiger partial charge is 0.386 e. The van der Waals surface area contributed by atoms with E-state index in [0.29, 0.717) is 24.6 Å². The fraction of sp³-hybridized carbons (Fsp3) is 0.800. The van der Waals surface area contributed by atoms with Crippen LogP contribution in [0, 0.1) is 11.3 Å². The highest BCUT2D eigenvalue weighted by atomic mass is 32.2. The number of carbonyl (C=O) groups excluding carboxylic acids is 1. The molecule has 0 bridgehead atoms. The van der Waals surface area contributed by atoms with Gasteiger partial charge in [-0.3, -0.25) is 4.79 Å². The van der Waals surface area contributed by atoms with E-state index in [4.69, 9.17) is 5.26 Å². The molecule has 4 nitrogen and oxygen atoms in total. The van der Waals surface area contributed by atoms with Gasteiger partial charge in [-0.25, -0.2) is 0 Å². The molecule has 5 heteroatoms. The Labute approximate surface area is 94.2 Å². The van der Waals surface area contributed by atoms with Gasteiger partial charge in [0.2, 0.25) is 5.91 Å². The van der Waals surface area contributed by atoms with Gasteiger partial charge in [0.1, 0.15) is 0 Å². The zero-order chi connectivity index (χ0) is 11.3.